The summed E-state index contributed by atoms with van der Waals surface area (Å²) in [4.78, 5) is 3.03. The van der Waals surface area contributed by atoms with E-state index in [1.807, 2.05) is 0 Å². The van der Waals surface area contributed by atoms with E-state index < -0.39 is 40.9 Å². The van der Waals surface area contributed by atoms with Gasteiger partial charge < -0.3 is 0 Å². The van der Waals surface area contributed by atoms with Gasteiger partial charge in [-0.2, -0.15) is 39.5 Å². The third-order valence-corrected chi connectivity index (χ3v) is 2.18. The lowest BCUT2D eigenvalue weighted by atomic mass is 10.3. The molecule has 1 heterocycles. The molecule has 1 atom stereocenters. The van der Waals surface area contributed by atoms with E-state index in [1.165, 1.54) is 0 Å². The van der Waals surface area contributed by atoms with Crippen LogP contribution in [0.5, 0.6) is 0 Å². The van der Waals surface area contributed by atoms with Crippen molar-refractivity contribution in [3.63, 3.8) is 0 Å². The van der Waals surface area contributed by atoms with Crippen LogP contribution in [0.2, 0.25) is 0 Å². The van der Waals surface area contributed by atoms with Crippen LogP contribution in [-0.2, 0) is 10.8 Å². The number of aromatic nitrogens is 2. The number of hydrogen-bond acceptors (Lipinski definition) is 2. The zero-order chi connectivity index (χ0) is 17.3. The van der Waals surface area contributed by atoms with E-state index >= 15 is 0 Å². The lowest BCUT2D eigenvalue weighted by Crippen LogP contribution is -2.49. The molecule has 3 nitrogen and oxygen atoms in total. The van der Waals surface area contributed by atoms with Crippen molar-refractivity contribution in [1.82, 2.24) is 9.55 Å². The monoisotopic (exact) mass is 346 g/mol. The average molecular weight is 346 g/mol. The number of imidazole rings is 1. The quantitative estimate of drug-likeness (QED) is 0.727. The molecule has 0 N–H and O–H groups in total. The lowest BCUT2D eigenvalue weighted by Gasteiger charge is -2.29. The molecule has 0 aliphatic carbocycles. The van der Waals surface area contributed by atoms with Crippen molar-refractivity contribution in [2.75, 3.05) is 0 Å². The van der Waals surface area contributed by atoms with Gasteiger partial charge in [-0.1, -0.05) is 0 Å². The van der Waals surface area contributed by atoms with Crippen LogP contribution in [0.3, 0.4) is 0 Å². The van der Waals surface area contributed by atoms with Crippen molar-refractivity contribution in [3.8, 4) is 0 Å². The van der Waals surface area contributed by atoms with Crippen LogP contribution in [0.4, 0.5) is 43.9 Å². The second kappa shape index (κ2) is 5.78. The van der Waals surface area contributed by atoms with Crippen LogP contribution in [0, 0.1) is 0 Å². The standard InChI is InChI=1S/C9H4F10N2O/c10-4(5(11)12)7(14,15)9(18,19)22-6(13)8(16,17)21-2-1-20-3-21/h1-3,6H. The Morgan fingerprint density at radius 1 is 1.05 bits per heavy atom. The molecule has 1 aromatic rings. The van der Waals surface area contributed by atoms with Crippen LogP contribution in [0.15, 0.2) is 30.6 Å². The Balaban J connectivity index is 3.04. The van der Waals surface area contributed by atoms with E-state index in [-0.39, 0.29) is 6.33 Å². The molecule has 1 rings (SSSR count). The number of ether oxygens (including phenoxy) is 1. The molecule has 0 saturated heterocycles. The van der Waals surface area contributed by atoms with Gasteiger partial charge in [0.1, 0.15) is 0 Å². The van der Waals surface area contributed by atoms with Gasteiger partial charge in [-0.3, -0.25) is 9.30 Å². The molecule has 0 aliphatic heterocycles. The van der Waals surface area contributed by atoms with Crippen molar-refractivity contribution < 1.29 is 48.6 Å². The van der Waals surface area contributed by atoms with Crippen molar-refractivity contribution in [2.24, 2.45) is 0 Å². The third-order valence-electron chi connectivity index (χ3n) is 2.18. The molecule has 0 spiro atoms. The highest BCUT2D eigenvalue weighted by molar-refractivity contribution is 5.08. The van der Waals surface area contributed by atoms with E-state index in [0.717, 1.165) is 0 Å². The number of hydrogen-bond donors (Lipinski definition) is 0. The van der Waals surface area contributed by atoms with E-state index in [9.17, 15) is 43.9 Å². The second-order valence-corrected chi connectivity index (χ2v) is 3.66. The van der Waals surface area contributed by atoms with Gasteiger partial charge in [0.05, 0.1) is 6.33 Å². The van der Waals surface area contributed by atoms with Crippen molar-refractivity contribution >= 4 is 0 Å². The predicted octanol–water partition coefficient (Wildman–Crippen LogP) is 4.05. The lowest BCUT2D eigenvalue weighted by molar-refractivity contribution is -0.402. The molecule has 126 valence electrons. The summed E-state index contributed by atoms with van der Waals surface area (Å²) in [7, 11) is 0. The van der Waals surface area contributed by atoms with E-state index in [0.29, 0.717) is 12.4 Å². The van der Waals surface area contributed by atoms with E-state index in [4.69, 9.17) is 0 Å². The number of halogens is 10. The van der Waals surface area contributed by atoms with Gasteiger partial charge in [0.2, 0.25) is 5.83 Å². The van der Waals surface area contributed by atoms with Crippen LogP contribution in [0.1, 0.15) is 0 Å². The highest BCUT2D eigenvalue weighted by Crippen LogP contribution is 2.45. The fourth-order valence-corrected chi connectivity index (χ4v) is 1.07. The summed E-state index contributed by atoms with van der Waals surface area (Å²) in [5, 5.41) is 0. The average Bonchev–Trinajstić information content (AvgIpc) is 2.91. The molecule has 0 radical (unpaired) electrons. The maximum atomic E-state index is 13.3. The molecule has 1 unspecified atom stereocenters. The van der Waals surface area contributed by atoms with Gasteiger partial charge in [0.25, 0.3) is 6.36 Å². The Morgan fingerprint density at radius 3 is 2.00 bits per heavy atom. The largest absolute Gasteiger partial charge is 0.429 e. The Bertz CT molecular complexity index is 537. The Labute approximate surface area is 114 Å². The molecule has 0 saturated carbocycles. The first-order valence-electron chi connectivity index (χ1n) is 4.99. The molecule has 0 amide bonds. The molecule has 22 heavy (non-hydrogen) atoms. The summed E-state index contributed by atoms with van der Waals surface area (Å²) in [5.74, 6) is -10.3. The molecule has 0 bridgehead atoms. The van der Waals surface area contributed by atoms with Gasteiger partial charge in [-0.25, -0.2) is 9.37 Å². The Kier molecular flexibility index (Phi) is 4.79. The number of rotatable bonds is 6. The fourth-order valence-electron chi connectivity index (χ4n) is 1.07. The van der Waals surface area contributed by atoms with Gasteiger partial charge in [-0.05, 0) is 0 Å². The zero-order valence-corrected chi connectivity index (χ0v) is 9.89. The smallest absolute Gasteiger partial charge is 0.273 e. The van der Waals surface area contributed by atoms with Crippen LogP contribution < -0.4 is 0 Å². The van der Waals surface area contributed by atoms with Gasteiger partial charge >= 0.3 is 24.2 Å². The van der Waals surface area contributed by atoms with Gasteiger partial charge in [0.15, 0.2) is 0 Å². The first kappa shape index (κ1) is 18.3. The number of nitrogens with zero attached hydrogens (tertiary/aromatic N) is 2. The summed E-state index contributed by atoms with van der Waals surface area (Å²) in [6, 6.07) is -4.94. The van der Waals surface area contributed by atoms with Crippen molar-refractivity contribution in [3.05, 3.63) is 30.6 Å². The summed E-state index contributed by atoms with van der Waals surface area (Å²) < 4.78 is 128. The molecular formula is C9H4F10N2O. The summed E-state index contributed by atoms with van der Waals surface area (Å²) in [6.07, 6.45) is -13.3. The normalized spacial score (nSPS) is 14.8. The molecular weight excluding hydrogens is 342 g/mol. The SMILES string of the molecule is FC(F)=C(F)C(F)(F)C(F)(F)OC(F)C(F)(F)n1ccnc1. The zero-order valence-electron chi connectivity index (χ0n) is 9.89. The number of alkyl halides is 7. The van der Waals surface area contributed by atoms with Crippen LogP contribution >= 0.6 is 0 Å². The first-order valence-corrected chi connectivity index (χ1v) is 4.99. The van der Waals surface area contributed by atoms with Gasteiger partial charge in [0, 0.05) is 12.4 Å². The maximum absolute atomic E-state index is 13.3. The topological polar surface area (TPSA) is 27.1 Å². The summed E-state index contributed by atoms with van der Waals surface area (Å²) in [6.45, 7) is 0. The minimum Gasteiger partial charge on any atom is -0.273 e. The minimum atomic E-state index is -6.36. The molecule has 0 aromatic carbocycles. The minimum absolute atomic E-state index is 0.244. The maximum Gasteiger partial charge on any atom is 0.429 e. The van der Waals surface area contributed by atoms with E-state index in [2.05, 4.69) is 9.72 Å². The Morgan fingerprint density at radius 2 is 1.59 bits per heavy atom. The third kappa shape index (κ3) is 3.18. The molecule has 13 heteroatoms. The van der Waals surface area contributed by atoms with Crippen molar-refractivity contribution in [2.45, 2.75) is 24.4 Å². The van der Waals surface area contributed by atoms with Crippen LogP contribution in [-0.4, -0.2) is 27.9 Å². The Hall–Kier alpha value is -1.79. The highest BCUT2D eigenvalue weighted by Gasteiger charge is 2.66. The van der Waals surface area contributed by atoms with Crippen molar-refractivity contribution in [1.29, 1.82) is 0 Å². The van der Waals surface area contributed by atoms with Gasteiger partial charge in [-0.15, -0.1) is 0 Å². The molecule has 0 aliphatic rings. The fraction of sp³-hybridized carbons (Fsp3) is 0.444. The summed E-state index contributed by atoms with van der Waals surface area (Å²) >= 11 is 0. The highest BCUT2D eigenvalue weighted by atomic mass is 19.3. The second-order valence-electron chi connectivity index (χ2n) is 3.66. The predicted molar refractivity (Wildman–Crippen MR) is 48.6 cm³/mol. The van der Waals surface area contributed by atoms with Crippen LogP contribution in [0.25, 0.3) is 0 Å². The molecule has 1 aromatic heterocycles. The summed E-state index contributed by atoms with van der Waals surface area (Å²) in [5.41, 5.74) is 0. The molecule has 0 fully saturated rings. The van der Waals surface area contributed by atoms with E-state index in [1.54, 1.807) is 0 Å². The first-order chi connectivity index (χ1) is 9.84.